The van der Waals surface area contributed by atoms with Gasteiger partial charge in [-0.05, 0) is 25.0 Å². The Kier molecular flexibility index (Phi) is 3.33. The van der Waals surface area contributed by atoms with Gasteiger partial charge in [-0.3, -0.25) is 4.79 Å². The van der Waals surface area contributed by atoms with Crippen LogP contribution < -0.4 is 0 Å². The monoisotopic (exact) mass is 281 g/mol. The third kappa shape index (κ3) is 2.46. The summed E-state index contributed by atoms with van der Waals surface area (Å²) in [6.45, 7) is 5.76. The van der Waals surface area contributed by atoms with Crippen LogP contribution in [0.5, 0.6) is 0 Å². The van der Waals surface area contributed by atoms with Crippen LogP contribution in [0.15, 0.2) is 18.2 Å². The van der Waals surface area contributed by atoms with Crippen molar-refractivity contribution in [3.8, 4) is 0 Å². The van der Waals surface area contributed by atoms with Crippen LogP contribution in [0.4, 0.5) is 0 Å². The summed E-state index contributed by atoms with van der Waals surface area (Å²) in [6.07, 6.45) is 0.630. The number of alkyl halides is 1. The lowest BCUT2D eigenvalue weighted by molar-refractivity contribution is -0.128. The van der Waals surface area contributed by atoms with Crippen molar-refractivity contribution in [2.45, 2.75) is 31.6 Å². The Bertz CT molecular complexity index is 416. The lowest BCUT2D eigenvalue weighted by Crippen LogP contribution is -2.25. The zero-order valence-electron chi connectivity index (χ0n) is 9.66. The molecule has 1 aromatic carbocycles. The molecule has 86 valence electrons. The molecule has 0 radical (unpaired) electrons. The molecule has 2 nitrogen and oxygen atoms in total. The molecule has 0 N–H and O–H groups in total. The van der Waals surface area contributed by atoms with E-state index in [0.717, 1.165) is 13.1 Å². The van der Waals surface area contributed by atoms with Crippen LogP contribution >= 0.6 is 15.9 Å². The van der Waals surface area contributed by atoms with Gasteiger partial charge in [-0.1, -0.05) is 39.7 Å². The van der Waals surface area contributed by atoms with E-state index in [9.17, 15) is 4.79 Å². The quantitative estimate of drug-likeness (QED) is 0.764. The highest BCUT2D eigenvalue weighted by Gasteiger charge is 2.27. The first-order valence-electron chi connectivity index (χ1n) is 5.54. The molecule has 0 aromatic heterocycles. The molecule has 1 aliphatic heterocycles. The molecular weight excluding hydrogens is 266 g/mol. The third-order valence-corrected chi connectivity index (χ3v) is 3.64. The molecule has 1 fully saturated rings. The second-order valence-electron chi connectivity index (χ2n) is 4.51. The molecule has 0 spiro atoms. The van der Waals surface area contributed by atoms with Gasteiger partial charge in [0.1, 0.15) is 0 Å². The Hall–Kier alpha value is -0.830. The fraction of sp³-hybridized carbons (Fsp3) is 0.462. The van der Waals surface area contributed by atoms with Crippen LogP contribution in [0.1, 0.15) is 23.1 Å². The summed E-state index contributed by atoms with van der Waals surface area (Å²) in [5.41, 5.74) is 3.79. The van der Waals surface area contributed by atoms with Gasteiger partial charge in [0.15, 0.2) is 0 Å². The number of nitrogens with zero attached hydrogens (tertiary/aromatic N) is 1. The van der Waals surface area contributed by atoms with Crippen LogP contribution in [0.2, 0.25) is 0 Å². The lowest BCUT2D eigenvalue weighted by Gasteiger charge is -2.17. The standard InChI is InChI=1S/C13H16BrNO/c1-9-3-4-11(10(2)5-9)7-15-8-12(14)6-13(15)16/h3-5,12H,6-8H2,1-2H3. The van der Waals surface area contributed by atoms with E-state index >= 15 is 0 Å². The zero-order valence-corrected chi connectivity index (χ0v) is 11.3. The maximum absolute atomic E-state index is 11.7. The molecule has 1 unspecified atom stereocenters. The van der Waals surface area contributed by atoms with E-state index in [2.05, 4.69) is 48.0 Å². The van der Waals surface area contributed by atoms with Gasteiger partial charge in [-0.15, -0.1) is 0 Å². The molecule has 0 bridgehead atoms. The summed E-state index contributed by atoms with van der Waals surface area (Å²) in [6, 6.07) is 6.40. The zero-order chi connectivity index (χ0) is 11.7. The van der Waals surface area contributed by atoms with Gasteiger partial charge in [0.2, 0.25) is 5.91 Å². The molecule has 3 heteroatoms. The van der Waals surface area contributed by atoms with Gasteiger partial charge in [0, 0.05) is 24.3 Å². The van der Waals surface area contributed by atoms with Gasteiger partial charge in [-0.2, -0.15) is 0 Å². The highest BCUT2D eigenvalue weighted by molar-refractivity contribution is 9.09. The number of benzene rings is 1. The summed E-state index contributed by atoms with van der Waals surface area (Å²) in [7, 11) is 0. The number of rotatable bonds is 2. The fourth-order valence-corrected chi connectivity index (χ4v) is 2.73. The third-order valence-electron chi connectivity index (χ3n) is 3.03. The Morgan fingerprint density at radius 3 is 2.75 bits per heavy atom. The maximum atomic E-state index is 11.7. The van der Waals surface area contributed by atoms with Crippen molar-refractivity contribution >= 4 is 21.8 Å². The minimum atomic E-state index is 0.252. The van der Waals surface area contributed by atoms with E-state index in [1.165, 1.54) is 16.7 Å². The number of hydrogen-bond acceptors (Lipinski definition) is 1. The lowest BCUT2D eigenvalue weighted by atomic mass is 10.1. The Labute approximate surface area is 105 Å². The second-order valence-corrected chi connectivity index (χ2v) is 5.80. The summed E-state index contributed by atoms with van der Waals surface area (Å²) >= 11 is 3.50. The summed E-state index contributed by atoms with van der Waals surface area (Å²) in [5.74, 6) is 0.252. The summed E-state index contributed by atoms with van der Waals surface area (Å²) in [4.78, 5) is 13.9. The number of hydrogen-bond donors (Lipinski definition) is 0. The highest BCUT2D eigenvalue weighted by Crippen LogP contribution is 2.21. The van der Waals surface area contributed by atoms with Gasteiger partial charge >= 0.3 is 0 Å². The summed E-state index contributed by atoms with van der Waals surface area (Å²) in [5, 5.41) is 0. The van der Waals surface area contributed by atoms with E-state index in [1.807, 2.05) is 4.90 Å². The van der Waals surface area contributed by atoms with Gasteiger partial charge in [-0.25, -0.2) is 0 Å². The van der Waals surface area contributed by atoms with E-state index in [0.29, 0.717) is 11.2 Å². The number of carbonyl (C=O) groups excluding carboxylic acids is 1. The Balaban J connectivity index is 2.12. The van der Waals surface area contributed by atoms with Gasteiger partial charge < -0.3 is 4.90 Å². The molecule has 0 saturated carbocycles. The first-order valence-corrected chi connectivity index (χ1v) is 6.46. The van der Waals surface area contributed by atoms with Crippen LogP contribution in [0.25, 0.3) is 0 Å². The van der Waals surface area contributed by atoms with E-state index in [-0.39, 0.29) is 5.91 Å². The molecule has 2 rings (SSSR count). The van der Waals surface area contributed by atoms with Crippen LogP contribution in [-0.4, -0.2) is 22.2 Å². The second kappa shape index (κ2) is 4.58. The van der Waals surface area contributed by atoms with Crippen molar-refractivity contribution in [2.75, 3.05) is 6.54 Å². The SMILES string of the molecule is Cc1ccc(CN2CC(Br)CC2=O)c(C)c1. The first kappa shape index (κ1) is 11.6. The van der Waals surface area contributed by atoms with E-state index < -0.39 is 0 Å². The molecule has 1 aliphatic rings. The van der Waals surface area contributed by atoms with Crippen molar-refractivity contribution in [3.63, 3.8) is 0 Å². The minimum Gasteiger partial charge on any atom is -0.337 e. The smallest absolute Gasteiger partial charge is 0.224 e. The largest absolute Gasteiger partial charge is 0.337 e. The van der Waals surface area contributed by atoms with E-state index in [4.69, 9.17) is 0 Å². The van der Waals surface area contributed by atoms with Crippen molar-refractivity contribution in [3.05, 3.63) is 34.9 Å². The average molecular weight is 282 g/mol. The summed E-state index contributed by atoms with van der Waals surface area (Å²) < 4.78 is 0. The molecule has 1 saturated heterocycles. The van der Waals surface area contributed by atoms with Crippen LogP contribution in [-0.2, 0) is 11.3 Å². The topological polar surface area (TPSA) is 20.3 Å². The van der Waals surface area contributed by atoms with Crippen molar-refractivity contribution < 1.29 is 4.79 Å². The molecule has 16 heavy (non-hydrogen) atoms. The minimum absolute atomic E-state index is 0.252. The van der Waals surface area contributed by atoms with Gasteiger partial charge in [0.25, 0.3) is 0 Å². The normalized spacial score (nSPS) is 20.6. The van der Waals surface area contributed by atoms with E-state index in [1.54, 1.807) is 0 Å². The number of carbonyl (C=O) groups is 1. The first-order chi connectivity index (χ1) is 7.56. The predicted molar refractivity (Wildman–Crippen MR) is 68.7 cm³/mol. The molecule has 0 aliphatic carbocycles. The molecule has 1 aromatic rings. The maximum Gasteiger partial charge on any atom is 0.224 e. The Morgan fingerprint density at radius 1 is 1.44 bits per heavy atom. The average Bonchev–Trinajstić information content (AvgIpc) is 2.50. The molecule has 1 amide bonds. The predicted octanol–water partition coefficient (Wildman–Crippen LogP) is 2.80. The van der Waals surface area contributed by atoms with Crippen LogP contribution in [0, 0.1) is 13.8 Å². The van der Waals surface area contributed by atoms with Gasteiger partial charge in [0.05, 0.1) is 0 Å². The number of aryl methyl sites for hydroxylation is 2. The van der Waals surface area contributed by atoms with Crippen molar-refractivity contribution in [1.29, 1.82) is 0 Å². The molecular formula is C13H16BrNO. The Morgan fingerprint density at radius 2 is 2.19 bits per heavy atom. The highest BCUT2D eigenvalue weighted by atomic mass is 79.9. The molecule has 1 atom stereocenters. The number of likely N-dealkylation sites (tertiary alicyclic amines) is 1. The number of amides is 1. The number of halogens is 1. The van der Waals surface area contributed by atoms with Crippen molar-refractivity contribution in [1.82, 2.24) is 4.90 Å². The van der Waals surface area contributed by atoms with Crippen molar-refractivity contribution in [2.24, 2.45) is 0 Å². The van der Waals surface area contributed by atoms with Crippen LogP contribution in [0.3, 0.4) is 0 Å². The molecule has 1 heterocycles. The fourth-order valence-electron chi connectivity index (χ4n) is 2.11.